The number of hydrogen-bond acceptors (Lipinski definition) is 4. The van der Waals surface area contributed by atoms with Crippen LogP contribution in [0.25, 0.3) is 5.57 Å². The van der Waals surface area contributed by atoms with Crippen LogP contribution < -0.4 is 10.2 Å². The lowest BCUT2D eigenvalue weighted by molar-refractivity contribution is 0.292. The minimum Gasteiger partial charge on any atom is -0.366 e. The van der Waals surface area contributed by atoms with Crippen molar-refractivity contribution in [3.05, 3.63) is 63.4 Å². The summed E-state index contributed by atoms with van der Waals surface area (Å²) in [5.74, 6) is 0. The molecule has 2 bridgehead atoms. The monoisotopic (exact) mass is 470 g/mol. The molecule has 4 nitrogen and oxygen atoms in total. The van der Waals surface area contributed by atoms with E-state index in [2.05, 4.69) is 98.4 Å². The normalized spacial score (nSPS) is 25.3. The van der Waals surface area contributed by atoms with Crippen molar-refractivity contribution in [1.82, 2.24) is 4.90 Å². The molecule has 27 heavy (non-hydrogen) atoms. The maximum Gasteiger partial charge on any atom is 0.0660 e. The van der Waals surface area contributed by atoms with Crippen molar-refractivity contribution in [2.45, 2.75) is 18.5 Å². The molecular weight excluding hydrogens is 447 g/mol. The molecule has 0 amide bonds. The van der Waals surface area contributed by atoms with Crippen molar-refractivity contribution in [2.75, 3.05) is 36.9 Å². The lowest BCUT2D eigenvalue weighted by Gasteiger charge is -2.33. The molecule has 2 atom stereocenters. The third-order valence-electron chi connectivity index (χ3n) is 5.98. The number of benzene rings is 2. The van der Waals surface area contributed by atoms with Crippen LogP contribution in [0.2, 0.25) is 0 Å². The summed E-state index contributed by atoms with van der Waals surface area (Å²) in [4.78, 5) is 9.56. The summed E-state index contributed by atoms with van der Waals surface area (Å²) >= 11 is 2.37. The number of likely N-dealkylation sites (N-methyl/N-ethyl adjacent to an activating group) is 1. The Kier molecular flexibility index (Phi) is 4.44. The predicted molar refractivity (Wildman–Crippen MR) is 122 cm³/mol. The van der Waals surface area contributed by atoms with Gasteiger partial charge in [0.15, 0.2) is 0 Å². The number of nitrogens with zero attached hydrogens (tertiary/aromatic N) is 3. The number of piperazine rings is 1. The first-order valence-electron chi connectivity index (χ1n) is 9.50. The van der Waals surface area contributed by atoms with Crippen LogP contribution in [-0.4, -0.2) is 49.9 Å². The van der Waals surface area contributed by atoms with Gasteiger partial charge in [-0.25, -0.2) is 0 Å². The maximum atomic E-state index is 4.49. The van der Waals surface area contributed by atoms with Gasteiger partial charge >= 0.3 is 0 Å². The minimum atomic E-state index is 0.681. The first-order chi connectivity index (χ1) is 13.2. The zero-order valence-electron chi connectivity index (χ0n) is 15.4. The maximum absolute atomic E-state index is 4.49. The molecule has 0 spiro atoms. The van der Waals surface area contributed by atoms with E-state index in [1.165, 1.54) is 38.9 Å². The third kappa shape index (κ3) is 3.27. The molecule has 2 saturated heterocycles. The van der Waals surface area contributed by atoms with Crippen LogP contribution in [0.5, 0.6) is 0 Å². The first kappa shape index (κ1) is 17.3. The highest BCUT2D eigenvalue weighted by molar-refractivity contribution is 14.1. The second-order valence-corrected chi connectivity index (χ2v) is 8.94. The van der Waals surface area contributed by atoms with Crippen molar-refractivity contribution in [3.63, 3.8) is 0 Å². The van der Waals surface area contributed by atoms with Gasteiger partial charge in [-0.15, -0.1) is 0 Å². The lowest BCUT2D eigenvalue weighted by atomic mass is 9.99. The molecule has 0 saturated carbocycles. The lowest BCUT2D eigenvalue weighted by Crippen LogP contribution is -2.44. The molecule has 2 aromatic rings. The molecule has 5 heteroatoms. The van der Waals surface area contributed by atoms with Crippen LogP contribution in [0.3, 0.4) is 0 Å². The first-order valence-corrected chi connectivity index (χ1v) is 10.6. The van der Waals surface area contributed by atoms with Crippen molar-refractivity contribution >= 4 is 45.8 Å². The summed E-state index contributed by atoms with van der Waals surface area (Å²) in [5, 5.41) is 3.47. The number of halogens is 1. The fraction of sp³-hybridized carbons (Fsp3) is 0.318. The Bertz CT molecular complexity index is 916. The molecule has 2 aromatic carbocycles. The van der Waals surface area contributed by atoms with E-state index in [0.717, 1.165) is 24.8 Å². The van der Waals surface area contributed by atoms with E-state index in [0.29, 0.717) is 6.04 Å². The zero-order valence-corrected chi connectivity index (χ0v) is 17.6. The van der Waals surface area contributed by atoms with Crippen molar-refractivity contribution in [3.8, 4) is 0 Å². The molecule has 0 aliphatic carbocycles. The Morgan fingerprint density at radius 2 is 1.96 bits per heavy atom. The number of likely N-dealkylation sites (tertiary alicyclic amines) is 1. The molecule has 1 N–H and O–H groups in total. The average Bonchev–Trinajstić information content (AvgIpc) is 3.26. The second kappa shape index (κ2) is 6.95. The molecule has 0 radical (unpaired) electrons. The number of fused-ring (bicyclic) bond motifs is 3. The molecule has 0 aromatic heterocycles. The highest BCUT2D eigenvalue weighted by atomic mass is 127. The summed E-state index contributed by atoms with van der Waals surface area (Å²) in [6.45, 7) is 3.07. The summed E-state index contributed by atoms with van der Waals surface area (Å²) in [6, 6.07) is 16.8. The van der Waals surface area contributed by atoms with Crippen LogP contribution in [0, 0.1) is 3.57 Å². The fourth-order valence-corrected chi connectivity index (χ4v) is 4.96. The van der Waals surface area contributed by atoms with E-state index < -0.39 is 0 Å². The van der Waals surface area contributed by atoms with E-state index in [1.807, 2.05) is 6.21 Å². The van der Waals surface area contributed by atoms with Gasteiger partial charge in [0.05, 0.1) is 6.54 Å². The topological polar surface area (TPSA) is 30.9 Å². The number of aliphatic imine (C=N–C) groups is 1. The fourth-order valence-electron chi connectivity index (χ4n) is 4.47. The van der Waals surface area contributed by atoms with Gasteiger partial charge in [-0.05, 0) is 89.2 Å². The van der Waals surface area contributed by atoms with Crippen LogP contribution in [0.1, 0.15) is 17.5 Å². The van der Waals surface area contributed by atoms with Gasteiger partial charge in [-0.2, -0.15) is 0 Å². The molecule has 2 fully saturated rings. The van der Waals surface area contributed by atoms with Gasteiger partial charge in [0.25, 0.3) is 0 Å². The van der Waals surface area contributed by atoms with Gasteiger partial charge in [0.2, 0.25) is 0 Å². The Morgan fingerprint density at radius 3 is 2.70 bits per heavy atom. The van der Waals surface area contributed by atoms with Crippen molar-refractivity contribution < 1.29 is 0 Å². The molecule has 3 aliphatic rings. The van der Waals surface area contributed by atoms with Crippen LogP contribution in [-0.2, 0) is 0 Å². The number of nitrogens with one attached hydrogen (secondary N) is 1. The third-order valence-corrected chi connectivity index (χ3v) is 6.65. The standard InChI is InChI=1S/C22H23IN4/c1-26-13-21-9-20(26)14-27(21)19-6-4-18(5-7-19)25-12-16-11-24-10-15-2-3-17(23)8-22(15)16/h2-8,10,12,20-21,25H,9,11,13-14H2,1H3. The van der Waals surface area contributed by atoms with E-state index in [-0.39, 0.29) is 0 Å². The van der Waals surface area contributed by atoms with E-state index >= 15 is 0 Å². The molecular formula is C22H23IN4. The van der Waals surface area contributed by atoms with Crippen molar-refractivity contribution in [2.24, 2.45) is 4.99 Å². The Balaban J connectivity index is 1.31. The van der Waals surface area contributed by atoms with Gasteiger partial charge in [0.1, 0.15) is 0 Å². The highest BCUT2D eigenvalue weighted by Crippen LogP contribution is 2.34. The predicted octanol–water partition coefficient (Wildman–Crippen LogP) is 4.07. The summed E-state index contributed by atoms with van der Waals surface area (Å²) in [5.41, 5.74) is 6.16. The average molecular weight is 470 g/mol. The summed E-state index contributed by atoms with van der Waals surface area (Å²) in [6.07, 6.45) is 5.38. The summed E-state index contributed by atoms with van der Waals surface area (Å²) < 4.78 is 1.25. The van der Waals surface area contributed by atoms with Gasteiger partial charge in [-0.1, -0.05) is 6.07 Å². The Morgan fingerprint density at radius 1 is 1.11 bits per heavy atom. The SMILES string of the molecule is CN1CC2CC1CN2c1ccc(NC=C2CN=Cc3ccc(I)cc32)cc1. The van der Waals surface area contributed by atoms with Crippen LogP contribution in [0.4, 0.5) is 11.4 Å². The van der Waals surface area contributed by atoms with Gasteiger partial charge in [-0.3, -0.25) is 9.89 Å². The quantitative estimate of drug-likeness (QED) is 0.687. The molecule has 138 valence electrons. The number of rotatable bonds is 3. The van der Waals surface area contributed by atoms with E-state index in [1.54, 1.807) is 0 Å². The number of anilines is 2. The van der Waals surface area contributed by atoms with Gasteiger partial charge < -0.3 is 10.2 Å². The minimum absolute atomic E-state index is 0.681. The Labute approximate surface area is 174 Å². The molecule has 2 unspecified atom stereocenters. The zero-order chi connectivity index (χ0) is 18.4. The smallest absolute Gasteiger partial charge is 0.0660 e. The van der Waals surface area contributed by atoms with Crippen molar-refractivity contribution in [1.29, 1.82) is 0 Å². The summed E-state index contributed by atoms with van der Waals surface area (Å²) in [7, 11) is 2.25. The largest absolute Gasteiger partial charge is 0.366 e. The molecule has 5 rings (SSSR count). The Hall–Kier alpha value is -1.86. The molecule has 3 aliphatic heterocycles. The number of hydrogen-bond donors (Lipinski definition) is 1. The van der Waals surface area contributed by atoms with Crippen LogP contribution >= 0.6 is 22.6 Å². The van der Waals surface area contributed by atoms with Gasteiger partial charge in [0, 0.05) is 52.5 Å². The van der Waals surface area contributed by atoms with E-state index in [4.69, 9.17) is 0 Å². The second-order valence-electron chi connectivity index (χ2n) is 7.70. The van der Waals surface area contributed by atoms with E-state index in [9.17, 15) is 0 Å². The van der Waals surface area contributed by atoms with Crippen LogP contribution in [0.15, 0.2) is 53.7 Å². The molecule has 3 heterocycles. The highest BCUT2D eigenvalue weighted by Gasteiger charge is 2.41.